The van der Waals surface area contributed by atoms with Gasteiger partial charge in [0.15, 0.2) is 5.75 Å². The third-order valence-corrected chi connectivity index (χ3v) is 4.83. The lowest BCUT2D eigenvalue weighted by molar-refractivity contribution is 0.0511. The molecule has 0 saturated carbocycles. The topological polar surface area (TPSA) is 70.4 Å². The van der Waals surface area contributed by atoms with Crippen molar-refractivity contribution in [2.24, 2.45) is 0 Å². The lowest BCUT2D eigenvalue weighted by Gasteiger charge is -2.14. The van der Waals surface area contributed by atoms with Crippen molar-refractivity contribution in [2.45, 2.75) is 20.5 Å². The Bertz CT molecular complexity index is 1110. The normalized spacial score (nSPS) is 10.6. The molecule has 29 heavy (non-hydrogen) atoms. The molecule has 0 aliphatic rings. The number of hydrogen-bond acceptors (Lipinski definition) is 5. The van der Waals surface area contributed by atoms with Crippen LogP contribution in [0.3, 0.4) is 0 Å². The highest BCUT2D eigenvalue weighted by Gasteiger charge is 2.20. The molecule has 150 valence electrons. The molecule has 1 aromatic heterocycles. The minimum Gasteiger partial charge on any atom is -0.486 e. The molecular weight excluding hydrogens is 415 g/mol. The first kappa shape index (κ1) is 20.9. The van der Waals surface area contributed by atoms with Crippen molar-refractivity contribution < 1.29 is 14.3 Å². The second-order valence-corrected chi connectivity index (χ2v) is 6.97. The molecule has 0 atom stereocenters. The quantitative estimate of drug-likeness (QED) is 0.532. The minimum absolute atomic E-state index is 0.0318. The van der Waals surface area contributed by atoms with Crippen LogP contribution in [0.2, 0.25) is 10.0 Å². The van der Waals surface area contributed by atoms with Crippen LogP contribution in [0.15, 0.2) is 53.3 Å². The van der Waals surface area contributed by atoms with E-state index in [1.165, 1.54) is 6.07 Å². The number of nitrogens with zero attached hydrogens (tertiary/aromatic N) is 2. The van der Waals surface area contributed by atoms with E-state index in [1.54, 1.807) is 37.3 Å². The van der Waals surface area contributed by atoms with Crippen LogP contribution in [0, 0.1) is 6.92 Å². The molecule has 2 aromatic carbocycles. The van der Waals surface area contributed by atoms with E-state index in [0.29, 0.717) is 15.7 Å². The van der Waals surface area contributed by atoms with Crippen molar-refractivity contribution in [3.63, 3.8) is 0 Å². The zero-order valence-electron chi connectivity index (χ0n) is 15.8. The summed E-state index contributed by atoms with van der Waals surface area (Å²) in [5, 5.41) is 5.03. The first-order valence-corrected chi connectivity index (χ1v) is 9.60. The number of para-hydroxylation sites is 1. The average molecular weight is 433 g/mol. The van der Waals surface area contributed by atoms with Gasteiger partial charge < -0.3 is 9.47 Å². The smallest absolute Gasteiger partial charge is 0.362 e. The molecule has 0 N–H and O–H groups in total. The van der Waals surface area contributed by atoms with Crippen molar-refractivity contribution >= 4 is 29.2 Å². The third kappa shape index (κ3) is 4.78. The standard InChI is InChI=1S/C21H18Cl2N2O4/c1-3-28-21(27)20-18(29-12-14-8-9-15(22)16(23)10-14)11-19(26)25(24-20)17-7-5-4-6-13(17)2/h4-11H,3,12H2,1-2H3. The SMILES string of the molecule is CCOC(=O)c1nn(-c2ccccc2C)c(=O)cc1OCc1ccc(Cl)c(Cl)c1. The highest BCUT2D eigenvalue weighted by atomic mass is 35.5. The lowest BCUT2D eigenvalue weighted by Crippen LogP contribution is -2.25. The Morgan fingerprint density at radius 3 is 2.55 bits per heavy atom. The molecule has 0 saturated heterocycles. The highest BCUT2D eigenvalue weighted by Crippen LogP contribution is 2.24. The van der Waals surface area contributed by atoms with Crippen molar-refractivity contribution in [1.82, 2.24) is 9.78 Å². The van der Waals surface area contributed by atoms with Gasteiger partial charge in [0, 0.05) is 0 Å². The molecule has 8 heteroatoms. The predicted octanol–water partition coefficient (Wildman–Crippen LogP) is 4.60. The maximum atomic E-state index is 12.7. The van der Waals surface area contributed by atoms with Crippen LogP contribution in [-0.4, -0.2) is 22.4 Å². The number of carbonyl (C=O) groups is 1. The summed E-state index contributed by atoms with van der Waals surface area (Å²) < 4.78 is 12.0. The van der Waals surface area contributed by atoms with Gasteiger partial charge in [-0.3, -0.25) is 4.79 Å². The number of carbonyl (C=O) groups excluding carboxylic acids is 1. The maximum Gasteiger partial charge on any atom is 0.362 e. The molecule has 6 nitrogen and oxygen atoms in total. The zero-order chi connectivity index (χ0) is 21.0. The Labute approximate surface area is 177 Å². The molecule has 0 aliphatic heterocycles. The first-order chi connectivity index (χ1) is 13.9. The Hall–Kier alpha value is -2.83. The van der Waals surface area contributed by atoms with Gasteiger partial charge in [0.25, 0.3) is 5.56 Å². The average Bonchev–Trinajstić information content (AvgIpc) is 2.70. The number of rotatable bonds is 6. The second-order valence-electron chi connectivity index (χ2n) is 6.15. The fourth-order valence-corrected chi connectivity index (χ4v) is 2.98. The molecule has 0 aliphatic carbocycles. The molecule has 0 unspecified atom stereocenters. The van der Waals surface area contributed by atoms with E-state index < -0.39 is 11.5 Å². The Kier molecular flexibility index (Phi) is 6.56. The molecule has 3 rings (SSSR count). The van der Waals surface area contributed by atoms with Crippen molar-refractivity contribution in [2.75, 3.05) is 6.61 Å². The number of halogens is 2. The van der Waals surface area contributed by atoms with Crippen LogP contribution in [-0.2, 0) is 11.3 Å². The lowest BCUT2D eigenvalue weighted by atomic mass is 10.2. The number of benzene rings is 2. The Morgan fingerprint density at radius 2 is 1.86 bits per heavy atom. The molecule has 0 amide bonds. The van der Waals surface area contributed by atoms with Gasteiger partial charge in [-0.15, -0.1) is 0 Å². The molecule has 0 spiro atoms. The monoisotopic (exact) mass is 432 g/mol. The molecule has 0 bridgehead atoms. The van der Waals surface area contributed by atoms with E-state index in [-0.39, 0.29) is 24.7 Å². The summed E-state index contributed by atoms with van der Waals surface area (Å²) in [5.41, 5.74) is 1.60. The van der Waals surface area contributed by atoms with E-state index in [4.69, 9.17) is 32.7 Å². The number of ether oxygens (including phenoxy) is 2. The van der Waals surface area contributed by atoms with Gasteiger partial charge in [-0.25, -0.2) is 4.79 Å². The summed E-state index contributed by atoms with van der Waals surface area (Å²) in [5.74, 6) is -0.650. The van der Waals surface area contributed by atoms with Crippen LogP contribution in [0.4, 0.5) is 0 Å². The van der Waals surface area contributed by atoms with E-state index in [9.17, 15) is 9.59 Å². The number of esters is 1. The number of hydrogen-bond donors (Lipinski definition) is 0. The van der Waals surface area contributed by atoms with Crippen molar-refractivity contribution in [1.29, 1.82) is 0 Å². The van der Waals surface area contributed by atoms with E-state index in [2.05, 4.69) is 5.10 Å². The molecule has 0 fully saturated rings. The Morgan fingerprint density at radius 1 is 1.10 bits per heavy atom. The molecule has 3 aromatic rings. The van der Waals surface area contributed by atoms with Gasteiger partial charge in [0.05, 0.1) is 28.4 Å². The highest BCUT2D eigenvalue weighted by molar-refractivity contribution is 6.42. The molecule has 0 radical (unpaired) electrons. The predicted molar refractivity (Wildman–Crippen MR) is 111 cm³/mol. The number of aryl methyl sites for hydroxylation is 1. The summed E-state index contributed by atoms with van der Waals surface area (Å²) in [4.78, 5) is 25.1. The van der Waals surface area contributed by atoms with Crippen LogP contribution in [0.25, 0.3) is 5.69 Å². The van der Waals surface area contributed by atoms with E-state index >= 15 is 0 Å². The summed E-state index contributed by atoms with van der Waals surface area (Å²) >= 11 is 11.9. The number of aromatic nitrogens is 2. The largest absolute Gasteiger partial charge is 0.486 e. The van der Waals surface area contributed by atoms with Crippen LogP contribution in [0.5, 0.6) is 5.75 Å². The van der Waals surface area contributed by atoms with Crippen LogP contribution >= 0.6 is 23.2 Å². The molecule has 1 heterocycles. The fraction of sp³-hybridized carbons (Fsp3) is 0.190. The second kappa shape index (κ2) is 9.11. The Balaban J connectivity index is 2.00. The van der Waals surface area contributed by atoms with E-state index in [0.717, 1.165) is 15.8 Å². The third-order valence-electron chi connectivity index (χ3n) is 4.09. The van der Waals surface area contributed by atoms with Gasteiger partial charge in [-0.1, -0.05) is 47.5 Å². The van der Waals surface area contributed by atoms with Gasteiger partial charge in [-0.2, -0.15) is 9.78 Å². The maximum absolute atomic E-state index is 12.7. The van der Waals surface area contributed by atoms with E-state index in [1.807, 2.05) is 19.1 Å². The van der Waals surface area contributed by atoms with Crippen molar-refractivity contribution in [3.05, 3.63) is 85.8 Å². The molecular formula is C21H18Cl2N2O4. The summed E-state index contributed by atoms with van der Waals surface area (Å²) in [6.07, 6.45) is 0. The van der Waals surface area contributed by atoms with Crippen LogP contribution < -0.4 is 10.3 Å². The zero-order valence-corrected chi connectivity index (χ0v) is 17.3. The summed E-state index contributed by atoms with van der Waals surface area (Å²) in [6, 6.07) is 13.5. The summed E-state index contributed by atoms with van der Waals surface area (Å²) in [7, 11) is 0. The van der Waals surface area contributed by atoms with Gasteiger partial charge in [-0.05, 0) is 43.2 Å². The minimum atomic E-state index is -0.682. The van der Waals surface area contributed by atoms with Gasteiger partial charge in [0.1, 0.15) is 6.61 Å². The van der Waals surface area contributed by atoms with Gasteiger partial charge in [0.2, 0.25) is 5.69 Å². The fourth-order valence-electron chi connectivity index (χ4n) is 2.66. The van der Waals surface area contributed by atoms with Crippen molar-refractivity contribution in [3.8, 4) is 11.4 Å². The summed E-state index contributed by atoms with van der Waals surface area (Å²) in [6.45, 7) is 3.77. The van der Waals surface area contributed by atoms with Crippen LogP contribution in [0.1, 0.15) is 28.5 Å². The van der Waals surface area contributed by atoms with Gasteiger partial charge >= 0.3 is 5.97 Å². The first-order valence-electron chi connectivity index (χ1n) is 8.85.